The van der Waals surface area contributed by atoms with Gasteiger partial charge >= 0.3 is 6.03 Å². The van der Waals surface area contributed by atoms with Crippen LogP contribution in [0.2, 0.25) is 0 Å². The van der Waals surface area contributed by atoms with Crippen LogP contribution in [0, 0.1) is 12.3 Å². The lowest BCUT2D eigenvalue weighted by atomic mass is 10.0. The van der Waals surface area contributed by atoms with E-state index in [1.165, 1.54) is 24.8 Å². The predicted octanol–water partition coefficient (Wildman–Crippen LogP) is 4.58. The van der Waals surface area contributed by atoms with Gasteiger partial charge in [-0.15, -0.1) is 0 Å². The Kier molecular flexibility index (Phi) is 4.81. The highest BCUT2D eigenvalue weighted by molar-refractivity contribution is 5.74. The SMILES string of the molecule is Cc1cccc(-c2ccccc2OCCN(C)C(=O)N2CCC3(CC3)C2)c1. The van der Waals surface area contributed by atoms with Crippen LogP contribution in [0.25, 0.3) is 11.1 Å². The van der Waals surface area contributed by atoms with Gasteiger partial charge in [0.15, 0.2) is 0 Å². The molecule has 1 aliphatic carbocycles. The number of benzene rings is 2. The summed E-state index contributed by atoms with van der Waals surface area (Å²) in [6, 6.07) is 16.7. The van der Waals surface area contributed by atoms with E-state index in [0.717, 1.165) is 30.0 Å². The summed E-state index contributed by atoms with van der Waals surface area (Å²) in [6.07, 6.45) is 3.76. The Labute approximate surface area is 161 Å². The summed E-state index contributed by atoms with van der Waals surface area (Å²) in [6.45, 7) is 5.01. The number of hydrogen-bond acceptors (Lipinski definition) is 2. The molecule has 4 nitrogen and oxygen atoms in total. The van der Waals surface area contributed by atoms with E-state index in [1.807, 2.05) is 30.1 Å². The van der Waals surface area contributed by atoms with Crippen LogP contribution in [-0.4, -0.2) is 49.1 Å². The summed E-state index contributed by atoms with van der Waals surface area (Å²) in [5, 5.41) is 0. The molecule has 0 unspecified atom stereocenters. The van der Waals surface area contributed by atoms with E-state index in [1.54, 1.807) is 4.90 Å². The lowest BCUT2D eigenvalue weighted by molar-refractivity contribution is 0.161. The van der Waals surface area contributed by atoms with Gasteiger partial charge in [-0.3, -0.25) is 0 Å². The number of amides is 2. The van der Waals surface area contributed by atoms with Crippen molar-refractivity contribution in [2.75, 3.05) is 33.3 Å². The predicted molar refractivity (Wildman–Crippen MR) is 108 cm³/mol. The number of likely N-dealkylation sites (tertiary alicyclic amines) is 1. The van der Waals surface area contributed by atoms with Gasteiger partial charge < -0.3 is 14.5 Å². The van der Waals surface area contributed by atoms with Crippen LogP contribution in [0.1, 0.15) is 24.8 Å². The number of rotatable bonds is 5. The number of urea groups is 1. The molecule has 1 heterocycles. The zero-order valence-electron chi connectivity index (χ0n) is 16.3. The Morgan fingerprint density at radius 1 is 1.15 bits per heavy atom. The van der Waals surface area contributed by atoms with Crippen molar-refractivity contribution in [1.29, 1.82) is 0 Å². The van der Waals surface area contributed by atoms with E-state index in [9.17, 15) is 4.79 Å². The van der Waals surface area contributed by atoms with E-state index >= 15 is 0 Å². The number of aryl methyl sites for hydroxylation is 1. The van der Waals surface area contributed by atoms with E-state index in [2.05, 4.69) is 37.3 Å². The first-order valence-corrected chi connectivity index (χ1v) is 9.85. The van der Waals surface area contributed by atoms with Gasteiger partial charge in [-0.25, -0.2) is 4.79 Å². The Hall–Kier alpha value is -2.49. The monoisotopic (exact) mass is 364 g/mol. The molecule has 0 bridgehead atoms. The van der Waals surface area contributed by atoms with Crippen molar-refractivity contribution in [3.63, 3.8) is 0 Å². The van der Waals surface area contributed by atoms with Gasteiger partial charge in [0.05, 0.1) is 6.54 Å². The molecule has 1 saturated carbocycles. The first-order valence-electron chi connectivity index (χ1n) is 9.85. The van der Waals surface area contributed by atoms with Crippen LogP contribution in [0.5, 0.6) is 5.75 Å². The van der Waals surface area contributed by atoms with Crippen molar-refractivity contribution in [3.05, 3.63) is 54.1 Å². The fourth-order valence-electron chi connectivity index (χ4n) is 3.96. The van der Waals surface area contributed by atoms with Gasteiger partial charge in [0, 0.05) is 25.7 Å². The first-order chi connectivity index (χ1) is 13.1. The maximum Gasteiger partial charge on any atom is 0.319 e. The van der Waals surface area contributed by atoms with Crippen molar-refractivity contribution in [2.45, 2.75) is 26.2 Å². The highest BCUT2D eigenvalue weighted by atomic mass is 16.5. The second-order valence-corrected chi connectivity index (χ2v) is 8.09. The van der Waals surface area contributed by atoms with Gasteiger partial charge in [0.2, 0.25) is 0 Å². The molecule has 4 heteroatoms. The van der Waals surface area contributed by atoms with Crippen LogP contribution in [0.15, 0.2) is 48.5 Å². The molecule has 4 rings (SSSR count). The van der Waals surface area contributed by atoms with E-state index in [-0.39, 0.29) is 6.03 Å². The number of carbonyl (C=O) groups is 1. The number of hydrogen-bond donors (Lipinski definition) is 0. The van der Waals surface area contributed by atoms with Crippen molar-refractivity contribution in [2.24, 2.45) is 5.41 Å². The van der Waals surface area contributed by atoms with Crippen LogP contribution < -0.4 is 4.74 Å². The second-order valence-electron chi connectivity index (χ2n) is 8.09. The topological polar surface area (TPSA) is 32.8 Å². The highest BCUT2D eigenvalue weighted by Crippen LogP contribution is 2.52. The van der Waals surface area contributed by atoms with E-state index in [0.29, 0.717) is 18.6 Å². The standard InChI is InChI=1S/C23H28N2O2/c1-18-6-5-7-19(16-18)20-8-3-4-9-21(20)27-15-14-24(2)22(26)25-13-12-23(17-25)10-11-23/h3-9,16H,10-15,17H2,1-2H3. The number of likely N-dealkylation sites (N-methyl/N-ethyl adjacent to an activating group) is 1. The van der Waals surface area contributed by atoms with Crippen molar-refractivity contribution >= 4 is 6.03 Å². The quantitative estimate of drug-likeness (QED) is 0.778. The number of ether oxygens (including phenoxy) is 1. The molecule has 2 amide bonds. The maximum absolute atomic E-state index is 12.6. The van der Waals surface area contributed by atoms with Crippen LogP contribution >= 0.6 is 0 Å². The largest absolute Gasteiger partial charge is 0.491 e. The summed E-state index contributed by atoms with van der Waals surface area (Å²) in [5.74, 6) is 0.863. The minimum Gasteiger partial charge on any atom is -0.491 e. The third-order valence-electron chi connectivity index (χ3n) is 5.89. The number of para-hydroxylation sites is 1. The average Bonchev–Trinajstić information content (AvgIpc) is 3.30. The van der Waals surface area contributed by atoms with Gasteiger partial charge in [0.25, 0.3) is 0 Å². The van der Waals surface area contributed by atoms with Crippen molar-refractivity contribution in [1.82, 2.24) is 9.80 Å². The molecule has 0 atom stereocenters. The molecule has 0 N–H and O–H groups in total. The summed E-state index contributed by atoms with van der Waals surface area (Å²) >= 11 is 0. The van der Waals surface area contributed by atoms with Gasteiger partial charge in [-0.2, -0.15) is 0 Å². The zero-order chi connectivity index (χ0) is 18.9. The fraction of sp³-hybridized carbons (Fsp3) is 0.435. The van der Waals surface area contributed by atoms with E-state index < -0.39 is 0 Å². The van der Waals surface area contributed by atoms with Crippen molar-refractivity contribution in [3.8, 4) is 16.9 Å². The van der Waals surface area contributed by atoms with Crippen molar-refractivity contribution < 1.29 is 9.53 Å². The Morgan fingerprint density at radius 2 is 1.96 bits per heavy atom. The Morgan fingerprint density at radius 3 is 2.70 bits per heavy atom. The summed E-state index contributed by atoms with van der Waals surface area (Å²) < 4.78 is 6.06. The smallest absolute Gasteiger partial charge is 0.319 e. The van der Waals surface area contributed by atoms with Gasteiger partial charge in [0.1, 0.15) is 12.4 Å². The normalized spacial score (nSPS) is 17.2. The Bertz CT molecular complexity index is 829. The highest BCUT2D eigenvalue weighted by Gasteiger charge is 2.49. The Balaban J connectivity index is 1.34. The van der Waals surface area contributed by atoms with Gasteiger partial charge in [-0.1, -0.05) is 48.0 Å². The number of carbonyl (C=O) groups excluding carboxylic acids is 1. The molecule has 1 saturated heterocycles. The molecule has 27 heavy (non-hydrogen) atoms. The van der Waals surface area contributed by atoms with Gasteiger partial charge in [-0.05, 0) is 43.2 Å². The van der Waals surface area contributed by atoms with Crippen LogP contribution in [0.4, 0.5) is 4.79 Å². The minimum atomic E-state index is 0.134. The lowest BCUT2D eigenvalue weighted by Gasteiger charge is -2.25. The minimum absolute atomic E-state index is 0.134. The molecule has 2 fully saturated rings. The summed E-state index contributed by atoms with van der Waals surface area (Å²) in [5.41, 5.74) is 3.94. The summed E-state index contributed by atoms with van der Waals surface area (Å²) in [4.78, 5) is 16.4. The van der Waals surface area contributed by atoms with Crippen LogP contribution in [-0.2, 0) is 0 Å². The third kappa shape index (κ3) is 3.95. The molecule has 0 radical (unpaired) electrons. The summed E-state index contributed by atoms with van der Waals surface area (Å²) in [7, 11) is 1.87. The zero-order valence-corrected chi connectivity index (χ0v) is 16.3. The van der Waals surface area contributed by atoms with Crippen LogP contribution in [0.3, 0.4) is 0 Å². The molecule has 1 aliphatic heterocycles. The molecular weight excluding hydrogens is 336 g/mol. The molecule has 2 aromatic rings. The third-order valence-corrected chi connectivity index (χ3v) is 5.89. The second kappa shape index (κ2) is 7.26. The fourth-order valence-corrected chi connectivity index (χ4v) is 3.96. The molecule has 2 aromatic carbocycles. The number of nitrogens with zero attached hydrogens (tertiary/aromatic N) is 2. The molecular formula is C23H28N2O2. The average molecular weight is 364 g/mol. The molecule has 142 valence electrons. The van der Waals surface area contributed by atoms with E-state index in [4.69, 9.17) is 4.74 Å². The molecule has 0 aromatic heterocycles. The maximum atomic E-state index is 12.6. The molecule has 1 spiro atoms. The first kappa shape index (κ1) is 17.9. The molecule has 2 aliphatic rings. The lowest BCUT2D eigenvalue weighted by Crippen LogP contribution is -2.41.